The lowest BCUT2D eigenvalue weighted by atomic mass is 9.79. The molecule has 3 unspecified atom stereocenters. The summed E-state index contributed by atoms with van der Waals surface area (Å²) in [5, 5.41) is 10.2. The molecule has 106 valence electrons. The topological polar surface area (TPSA) is 29.5 Å². The Labute approximate surface area is 116 Å². The van der Waals surface area contributed by atoms with Crippen LogP contribution in [0.25, 0.3) is 0 Å². The zero-order valence-electron chi connectivity index (χ0n) is 12.5. The third-order valence-corrected chi connectivity index (χ3v) is 4.35. The molecule has 1 aliphatic carbocycles. The molecule has 0 amide bonds. The summed E-state index contributed by atoms with van der Waals surface area (Å²) in [7, 11) is 0. The molecule has 1 fully saturated rings. The normalized spacial score (nSPS) is 27.6. The first-order chi connectivity index (χ1) is 8.97. The molecule has 0 bridgehead atoms. The molecule has 0 spiro atoms. The minimum Gasteiger partial charge on any atom is -0.487 e. The molecular formula is C17H26O2. The van der Waals surface area contributed by atoms with Crippen molar-refractivity contribution in [1.82, 2.24) is 0 Å². The standard InChI is InChI=1S/C17H26O2/c1-11(2)14-6-7-15(18)17(10-14)19-16-8-5-12(3)9-13(16)4/h5,8-9,11,14-15,17-18H,6-7,10H2,1-4H3. The predicted molar refractivity (Wildman–Crippen MR) is 78.5 cm³/mol. The quantitative estimate of drug-likeness (QED) is 0.896. The van der Waals surface area contributed by atoms with Crippen LogP contribution in [0.3, 0.4) is 0 Å². The van der Waals surface area contributed by atoms with Crippen molar-refractivity contribution in [2.24, 2.45) is 11.8 Å². The Morgan fingerprint density at radius 1 is 1.21 bits per heavy atom. The second-order valence-corrected chi connectivity index (χ2v) is 6.31. The molecule has 2 nitrogen and oxygen atoms in total. The Morgan fingerprint density at radius 2 is 1.95 bits per heavy atom. The van der Waals surface area contributed by atoms with Crippen LogP contribution in [0.1, 0.15) is 44.2 Å². The van der Waals surface area contributed by atoms with Gasteiger partial charge in [0.25, 0.3) is 0 Å². The number of aryl methyl sites for hydroxylation is 2. The fourth-order valence-corrected chi connectivity index (χ4v) is 2.97. The van der Waals surface area contributed by atoms with Crippen molar-refractivity contribution in [2.75, 3.05) is 0 Å². The zero-order valence-corrected chi connectivity index (χ0v) is 12.5. The maximum Gasteiger partial charge on any atom is 0.125 e. The average molecular weight is 262 g/mol. The van der Waals surface area contributed by atoms with Gasteiger partial charge in [-0.15, -0.1) is 0 Å². The van der Waals surface area contributed by atoms with Gasteiger partial charge in [-0.25, -0.2) is 0 Å². The molecule has 0 saturated heterocycles. The summed E-state index contributed by atoms with van der Waals surface area (Å²) in [6.45, 7) is 8.67. The number of hydrogen-bond acceptors (Lipinski definition) is 2. The highest BCUT2D eigenvalue weighted by atomic mass is 16.5. The molecular weight excluding hydrogens is 236 g/mol. The van der Waals surface area contributed by atoms with Gasteiger partial charge in [0.05, 0.1) is 6.10 Å². The smallest absolute Gasteiger partial charge is 0.125 e. The summed E-state index contributed by atoms with van der Waals surface area (Å²) in [5.74, 6) is 2.25. The van der Waals surface area contributed by atoms with Gasteiger partial charge in [0.2, 0.25) is 0 Å². The minimum atomic E-state index is -0.323. The van der Waals surface area contributed by atoms with Gasteiger partial charge in [-0.2, -0.15) is 0 Å². The van der Waals surface area contributed by atoms with Gasteiger partial charge in [-0.3, -0.25) is 0 Å². The second-order valence-electron chi connectivity index (χ2n) is 6.31. The molecule has 3 atom stereocenters. The summed E-state index contributed by atoms with van der Waals surface area (Å²) in [6.07, 6.45) is 2.56. The number of aliphatic hydroxyl groups excluding tert-OH is 1. The van der Waals surface area contributed by atoms with Crippen LogP contribution >= 0.6 is 0 Å². The summed E-state index contributed by atoms with van der Waals surface area (Å²) in [6, 6.07) is 6.22. The predicted octanol–water partition coefficient (Wildman–Crippen LogP) is 3.87. The lowest BCUT2D eigenvalue weighted by Crippen LogP contribution is -2.39. The average Bonchev–Trinajstić information content (AvgIpc) is 2.34. The van der Waals surface area contributed by atoms with E-state index in [1.165, 1.54) is 5.56 Å². The maximum absolute atomic E-state index is 10.2. The Kier molecular flexibility index (Phi) is 4.51. The Hall–Kier alpha value is -1.02. The molecule has 19 heavy (non-hydrogen) atoms. The molecule has 1 saturated carbocycles. The summed E-state index contributed by atoms with van der Waals surface area (Å²) >= 11 is 0. The van der Waals surface area contributed by atoms with E-state index in [0.29, 0.717) is 11.8 Å². The number of hydrogen-bond donors (Lipinski definition) is 1. The van der Waals surface area contributed by atoms with Crippen molar-refractivity contribution >= 4 is 0 Å². The number of ether oxygens (including phenoxy) is 1. The number of rotatable bonds is 3. The fraction of sp³-hybridized carbons (Fsp3) is 0.647. The Bertz CT molecular complexity index is 425. The lowest BCUT2D eigenvalue weighted by molar-refractivity contribution is -0.0179. The van der Waals surface area contributed by atoms with E-state index in [9.17, 15) is 5.11 Å². The van der Waals surface area contributed by atoms with Crippen LogP contribution in [-0.2, 0) is 0 Å². The number of aliphatic hydroxyl groups is 1. The van der Waals surface area contributed by atoms with E-state index in [1.54, 1.807) is 0 Å². The molecule has 2 heteroatoms. The third kappa shape index (κ3) is 3.50. The molecule has 0 heterocycles. The highest BCUT2D eigenvalue weighted by molar-refractivity contribution is 5.35. The highest BCUT2D eigenvalue weighted by Gasteiger charge is 2.32. The third-order valence-electron chi connectivity index (χ3n) is 4.35. The minimum absolute atomic E-state index is 0.0532. The molecule has 1 N–H and O–H groups in total. The molecule has 1 aliphatic rings. The summed E-state index contributed by atoms with van der Waals surface area (Å²) in [4.78, 5) is 0. The van der Waals surface area contributed by atoms with Gasteiger partial charge in [-0.05, 0) is 56.6 Å². The van der Waals surface area contributed by atoms with E-state index in [0.717, 1.165) is 30.6 Å². The maximum atomic E-state index is 10.2. The van der Waals surface area contributed by atoms with Crippen molar-refractivity contribution < 1.29 is 9.84 Å². The summed E-state index contributed by atoms with van der Waals surface area (Å²) < 4.78 is 6.08. The highest BCUT2D eigenvalue weighted by Crippen LogP contribution is 2.33. The molecule has 0 aliphatic heterocycles. The van der Waals surface area contributed by atoms with Gasteiger partial charge in [0, 0.05) is 0 Å². The summed E-state index contributed by atoms with van der Waals surface area (Å²) in [5.41, 5.74) is 2.40. The lowest BCUT2D eigenvalue weighted by Gasteiger charge is -2.35. The molecule has 2 rings (SSSR count). The van der Waals surface area contributed by atoms with Crippen LogP contribution in [0.2, 0.25) is 0 Å². The van der Waals surface area contributed by atoms with Crippen molar-refractivity contribution in [1.29, 1.82) is 0 Å². The van der Waals surface area contributed by atoms with Crippen molar-refractivity contribution in [3.05, 3.63) is 29.3 Å². The van der Waals surface area contributed by atoms with Crippen LogP contribution in [0.4, 0.5) is 0 Å². The van der Waals surface area contributed by atoms with Gasteiger partial charge >= 0.3 is 0 Å². The van der Waals surface area contributed by atoms with Gasteiger partial charge in [-0.1, -0.05) is 31.5 Å². The van der Waals surface area contributed by atoms with E-state index in [2.05, 4.69) is 39.8 Å². The Morgan fingerprint density at radius 3 is 2.58 bits per heavy atom. The van der Waals surface area contributed by atoms with Crippen LogP contribution in [0.15, 0.2) is 18.2 Å². The van der Waals surface area contributed by atoms with Crippen LogP contribution in [0, 0.1) is 25.7 Å². The van der Waals surface area contributed by atoms with Gasteiger partial charge < -0.3 is 9.84 Å². The fourth-order valence-electron chi connectivity index (χ4n) is 2.97. The van der Waals surface area contributed by atoms with E-state index in [-0.39, 0.29) is 12.2 Å². The van der Waals surface area contributed by atoms with E-state index in [1.807, 2.05) is 6.07 Å². The molecule has 0 radical (unpaired) electrons. The van der Waals surface area contributed by atoms with E-state index < -0.39 is 0 Å². The molecule has 0 aromatic heterocycles. The second kappa shape index (κ2) is 5.96. The van der Waals surface area contributed by atoms with Crippen molar-refractivity contribution in [3.8, 4) is 5.75 Å². The molecule has 1 aromatic carbocycles. The van der Waals surface area contributed by atoms with Gasteiger partial charge in [0.1, 0.15) is 11.9 Å². The van der Waals surface area contributed by atoms with Crippen molar-refractivity contribution in [2.45, 2.75) is 59.2 Å². The van der Waals surface area contributed by atoms with Crippen molar-refractivity contribution in [3.63, 3.8) is 0 Å². The molecule has 1 aromatic rings. The SMILES string of the molecule is Cc1ccc(OC2CC(C(C)C)CCC2O)c(C)c1. The van der Waals surface area contributed by atoms with Gasteiger partial charge in [0.15, 0.2) is 0 Å². The van der Waals surface area contributed by atoms with E-state index in [4.69, 9.17) is 4.74 Å². The first kappa shape index (κ1) is 14.4. The van der Waals surface area contributed by atoms with Crippen LogP contribution < -0.4 is 4.74 Å². The monoisotopic (exact) mass is 262 g/mol. The van der Waals surface area contributed by atoms with Crippen LogP contribution in [0.5, 0.6) is 5.75 Å². The number of benzene rings is 1. The first-order valence-corrected chi connectivity index (χ1v) is 7.39. The Balaban J connectivity index is 2.07. The zero-order chi connectivity index (χ0) is 14.0. The van der Waals surface area contributed by atoms with Crippen LogP contribution in [-0.4, -0.2) is 17.3 Å². The van der Waals surface area contributed by atoms with E-state index >= 15 is 0 Å². The largest absolute Gasteiger partial charge is 0.487 e. The first-order valence-electron chi connectivity index (χ1n) is 7.39.